The summed E-state index contributed by atoms with van der Waals surface area (Å²) in [4.78, 5) is 127. The molecule has 4 aromatic rings. The van der Waals surface area contributed by atoms with E-state index < -0.39 is 126 Å². The molecule has 0 unspecified atom stereocenters. The average Bonchev–Trinajstić information content (AvgIpc) is 2.16. The lowest BCUT2D eigenvalue weighted by molar-refractivity contribution is -0.193. The standard InChI is InChI=1S/C45H58N10O9S2.3C2HF3O2/c1-25(56)38(39(48)58)55-45(64)37-24-66-65-23-36(53-40(59)31(47)19-26-9-3-2-4-10-26)44(63)51-34(20-27-14-16-29(57)17-15-27)42(61)52-35(21-28-22-49-32-12-6-5-11-30(28)32)43(62)50-33(41(60)54-37)13-7-8-18-46;3*3-2(4,5)1(6)7/h2-6,9-12,14-17,22,25,31,33-38,49,56-57H,7-8,13,18-21,23-24,46-47H2,1H3,(H2,48,58)(H,50,62)(H,51,63)(H,52,61)(H,53,59)(H,54,60)(H,55,64);3*(H,6,7)/t25-,31-,33+,34+,35-,36+,37+,38+;;;/m1.../s1. The van der Waals surface area contributed by atoms with E-state index in [2.05, 4.69) is 36.9 Å². The number of phenolic OH excluding ortho intramolecular Hbond substituents is 1. The number of aliphatic hydroxyl groups is 1. The molecule has 1 fully saturated rings. The number of primary amides is 1. The zero-order valence-electron chi connectivity index (χ0n) is 45.3. The summed E-state index contributed by atoms with van der Waals surface area (Å²) in [6, 6.07) is 13.2. The number of alkyl halides is 9. The van der Waals surface area contributed by atoms with Crippen LogP contribution in [-0.2, 0) is 67.2 Å². The topological polar surface area (TPSA) is 438 Å². The van der Waals surface area contributed by atoms with Gasteiger partial charge in [-0.2, -0.15) is 39.5 Å². The minimum Gasteiger partial charge on any atom is -0.508 e. The molecular weight excluding hydrogens is 1230 g/mol. The SMILES string of the molecule is C[C@@H](O)[C@H](NC(=O)[C@@H]1CSSC[C@H](NC(=O)[C@H](N)Cc2ccccc2)C(=O)N[C@@H](Cc2ccc(O)cc2)C(=O)N[C@H](Cc2c[nH]c3ccccc23)C(=O)N[C@@H](CCCCN)C(=O)N1)C(N)=O.O=C(O)C(F)(F)F.O=C(O)C(F)(F)F.O=C(O)C(F)(F)F. The number of rotatable bonds is 16. The lowest BCUT2D eigenvalue weighted by Gasteiger charge is -2.27. The van der Waals surface area contributed by atoms with E-state index in [-0.39, 0.29) is 42.9 Å². The van der Waals surface area contributed by atoms with Crippen molar-refractivity contribution < 1.29 is 113 Å². The van der Waals surface area contributed by atoms with Crippen molar-refractivity contribution in [2.45, 2.75) is 112 Å². The molecule has 25 nitrogen and oxygen atoms in total. The van der Waals surface area contributed by atoms with Crippen LogP contribution < -0.4 is 49.1 Å². The number of hydrogen-bond acceptors (Lipinski definition) is 16. The monoisotopic (exact) mass is 1290 g/mol. The third kappa shape index (κ3) is 27.3. The molecule has 0 spiro atoms. The number of para-hydroxylation sites is 1. The van der Waals surface area contributed by atoms with Crippen molar-refractivity contribution in [3.8, 4) is 5.75 Å². The molecule has 5 rings (SSSR count). The molecule has 0 saturated carbocycles. The molecule has 3 aromatic carbocycles. The predicted octanol–water partition coefficient (Wildman–Crippen LogP) is 1.43. The number of aliphatic hydroxyl groups excluding tert-OH is 1. The summed E-state index contributed by atoms with van der Waals surface area (Å²) in [5.41, 5.74) is 20.3. The fourth-order valence-corrected chi connectivity index (χ4v) is 9.51. The quantitative estimate of drug-likeness (QED) is 0.0428. The zero-order chi connectivity index (χ0) is 66.0. The van der Waals surface area contributed by atoms with Crippen molar-refractivity contribution in [1.29, 1.82) is 0 Å². The van der Waals surface area contributed by atoms with Crippen LogP contribution in [0.4, 0.5) is 39.5 Å². The second-order valence-corrected chi connectivity index (χ2v) is 21.0. The van der Waals surface area contributed by atoms with Gasteiger partial charge in [0, 0.05) is 41.4 Å². The first-order chi connectivity index (χ1) is 40.5. The van der Waals surface area contributed by atoms with E-state index in [9.17, 15) is 83.3 Å². The minimum absolute atomic E-state index is 0.0267. The number of aliphatic carboxylic acids is 3. The first-order valence-electron chi connectivity index (χ1n) is 25.2. The molecule has 1 aromatic heterocycles. The Morgan fingerprint density at radius 1 is 0.655 bits per heavy atom. The van der Waals surface area contributed by atoms with Crippen LogP contribution in [-0.4, -0.2) is 175 Å². The van der Waals surface area contributed by atoms with Crippen LogP contribution in [0.15, 0.2) is 85.1 Å². The van der Waals surface area contributed by atoms with E-state index in [4.69, 9.17) is 46.9 Å². The number of carbonyl (C=O) groups excluding carboxylic acids is 7. The molecule has 8 atom stereocenters. The van der Waals surface area contributed by atoms with E-state index in [1.165, 1.54) is 19.1 Å². The summed E-state index contributed by atoms with van der Waals surface area (Å²) in [6.07, 6.45) is -14.0. The molecule has 87 heavy (non-hydrogen) atoms. The van der Waals surface area contributed by atoms with Gasteiger partial charge in [0.15, 0.2) is 0 Å². The fourth-order valence-electron chi connectivity index (χ4n) is 7.18. The number of nitrogens with one attached hydrogen (secondary N) is 7. The van der Waals surface area contributed by atoms with Gasteiger partial charge < -0.3 is 79.6 Å². The van der Waals surface area contributed by atoms with Crippen LogP contribution in [0.25, 0.3) is 10.9 Å². The molecule has 1 saturated heterocycles. The minimum atomic E-state index is -5.08. The van der Waals surface area contributed by atoms with Gasteiger partial charge in [0.25, 0.3) is 0 Å². The van der Waals surface area contributed by atoms with Crippen LogP contribution in [0.3, 0.4) is 0 Å². The van der Waals surface area contributed by atoms with Gasteiger partial charge in [0.05, 0.1) is 12.1 Å². The number of carboxylic acids is 3. The number of carbonyl (C=O) groups is 10. The first kappa shape index (κ1) is 74.7. The highest BCUT2D eigenvalue weighted by molar-refractivity contribution is 8.76. The van der Waals surface area contributed by atoms with Gasteiger partial charge in [0.2, 0.25) is 41.4 Å². The predicted molar refractivity (Wildman–Crippen MR) is 293 cm³/mol. The molecule has 1 aliphatic heterocycles. The van der Waals surface area contributed by atoms with Gasteiger partial charge in [0.1, 0.15) is 42.0 Å². The molecule has 2 heterocycles. The van der Waals surface area contributed by atoms with E-state index in [1.807, 2.05) is 30.3 Å². The molecule has 0 radical (unpaired) electrons. The lowest BCUT2D eigenvalue weighted by atomic mass is 10.0. The maximum atomic E-state index is 14.6. The third-order valence-electron chi connectivity index (χ3n) is 11.6. The number of carboxylic acid groups (broad SMARTS) is 3. The molecule has 0 bridgehead atoms. The number of aromatic hydroxyl groups is 1. The average molecular weight is 1290 g/mol. The lowest BCUT2D eigenvalue weighted by Crippen LogP contribution is -2.61. The highest BCUT2D eigenvalue weighted by Crippen LogP contribution is 2.25. The number of amides is 7. The summed E-state index contributed by atoms with van der Waals surface area (Å²) >= 11 is 0. The van der Waals surface area contributed by atoms with E-state index in [1.54, 1.807) is 42.6 Å². The number of benzene rings is 3. The number of aromatic nitrogens is 1. The molecule has 1 aliphatic rings. The number of aromatic amines is 1. The van der Waals surface area contributed by atoms with E-state index in [0.29, 0.717) is 30.5 Å². The number of H-pyrrole nitrogens is 1. The smallest absolute Gasteiger partial charge is 0.490 e. The number of nitrogens with two attached hydrogens (primary N) is 3. The van der Waals surface area contributed by atoms with Gasteiger partial charge in [-0.15, -0.1) is 0 Å². The summed E-state index contributed by atoms with van der Waals surface area (Å²) in [6.45, 7) is 1.55. The van der Waals surface area contributed by atoms with Gasteiger partial charge in [-0.05, 0) is 74.0 Å². The molecule has 7 amide bonds. The summed E-state index contributed by atoms with van der Waals surface area (Å²) in [5.74, 6) is -14.2. The Bertz CT molecular complexity index is 2900. The summed E-state index contributed by atoms with van der Waals surface area (Å²) < 4.78 is 95.2. The number of halogens is 9. The zero-order valence-corrected chi connectivity index (χ0v) is 47.0. The highest BCUT2D eigenvalue weighted by atomic mass is 33.1. The van der Waals surface area contributed by atoms with Crippen molar-refractivity contribution in [1.82, 2.24) is 36.9 Å². The number of phenols is 1. The Morgan fingerprint density at radius 2 is 1.14 bits per heavy atom. The Morgan fingerprint density at radius 3 is 1.66 bits per heavy atom. The van der Waals surface area contributed by atoms with Crippen LogP contribution in [0, 0.1) is 0 Å². The van der Waals surface area contributed by atoms with Crippen LogP contribution in [0.5, 0.6) is 5.75 Å². The van der Waals surface area contributed by atoms with E-state index >= 15 is 0 Å². The van der Waals surface area contributed by atoms with Crippen molar-refractivity contribution in [3.63, 3.8) is 0 Å². The largest absolute Gasteiger partial charge is 0.508 e. The van der Waals surface area contributed by atoms with Crippen LogP contribution >= 0.6 is 21.6 Å². The maximum Gasteiger partial charge on any atom is 0.490 e. The van der Waals surface area contributed by atoms with Crippen molar-refractivity contribution in [3.05, 3.63) is 102 Å². The Hall–Kier alpha value is -8.35. The van der Waals surface area contributed by atoms with Gasteiger partial charge in [-0.1, -0.05) is 82.3 Å². The molecule has 480 valence electrons. The van der Waals surface area contributed by atoms with Crippen molar-refractivity contribution >= 4 is 91.7 Å². The van der Waals surface area contributed by atoms with E-state index in [0.717, 1.165) is 38.1 Å². The summed E-state index contributed by atoms with van der Waals surface area (Å²) in [5, 5.41) is 58.5. The molecule has 18 N–H and O–H groups in total. The second kappa shape index (κ2) is 35.3. The maximum absolute atomic E-state index is 14.6. The number of unbranched alkanes of at least 4 members (excludes halogenated alkanes) is 1. The van der Waals surface area contributed by atoms with Crippen molar-refractivity contribution in [2.75, 3.05) is 18.1 Å². The number of fused-ring (bicyclic) bond motifs is 1. The fraction of sp³-hybridized carbons (Fsp3) is 0.412. The second-order valence-electron chi connectivity index (χ2n) is 18.4. The third-order valence-corrected chi connectivity index (χ3v) is 14.0. The van der Waals surface area contributed by atoms with Crippen LogP contribution in [0.1, 0.15) is 42.9 Å². The highest BCUT2D eigenvalue weighted by Gasteiger charge is 2.40. The van der Waals surface area contributed by atoms with Crippen molar-refractivity contribution in [2.24, 2.45) is 17.2 Å². The normalized spacial score (nSPS) is 19.0. The Kier molecular flexibility index (Phi) is 30.3. The molecular formula is C51H61F9N10O15S2. The molecule has 36 heteroatoms. The van der Waals surface area contributed by atoms with Crippen LogP contribution in [0.2, 0.25) is 0 Å². The Labute approximate surface area is 495 Å². The van der Waals surface area contributed by atoms with Gasteiger partial charge in [-0.25, -0.2) is 14.4 Å². The molecule has 0 aliphatic carbocycles. The summed E-state index contributed by atoms with van der Waals surface area (Å²) in [7, 11) is 2.10. The number of hydrogen-bond donors (Lipinski definition) is 15. The van der Waals surface area contributed by atoms with Gasteiger partial charge >= 0.3 is 36.4 Å². The Balaban J connectivity index is 0.00000104. The first-order valence-corrected chi connectivity index (χ1v) is 27.7. The van der Waals surface area contributed by atoms with Gasteiger partial charge in [-0.3, -0.25) is 33.6 Å².